The number of nitrogens with one attached hydrogen (secondary N) is 1. The van der Waals surface area contributed by atoms with Gasteiger partial charge in [-0.2, -0.15) is 0 Å². The molecule has 2 atom stereocenters. The zero-order chi connectivity index (χ0) is 13.1. The van der Waals surface area contributed by atoms with Crippen LogP contribution in [0, 0.1) is 12.8 Å². The fraction of sp³-hybridized carbons (Fsp3) is 0.500. The largest absolute Gasteiger partial charge is 0.459 e. The van der Waals surface area contributed by atoms with Crippen molar-refractivity contribution in [1.82, 2.24) is 5.32 Å². The van der Waals surface area contributed by atoms with Crippen molar-refractivity contribution in [3.63, 3.8) is 0 Å². The normalized spacial score (nSPS) is 14.9. The van der Waals surface area contributed by atoms with Crippen LogP contribution in [0.3, 0.4) is 0 Å². The fourth-order valence-electron chi connectivity index (χ4n) is 2.22. The summed E-state index contributed by atoms with van der Waals surface area (Å²) >= 11 is 0. The van der Waals surface area contributed by atoms with Crippen molar-refractivity contribution in [2.75, 3.05) is 6.54 Å². The van der Waals surface area contributed by atoms with E-state index in [1.54, 1.807) is 0 Å². The number of benzene rings is 1. The van der Waals surface area contributed by atoms with Crippen LogP contribution >= 0.6 is 0 Å². The highest BCUT2D eigenvalue weighted by Crippen LogP contribution is 2.29. The molecule has 2 rings (SSSR count). The Morgan fingerprint density at radius 3 is 2.61 bits per heavy atom. The minimum absolute atomic E-state index is 0.270. The standard InChI is InChI=1S/C16H23NO/c1-5-11(2)10-17-13(4)16-12(3)14-8-6-7-9-15(14)18-16/h6-9,11,13,17H,5,10H2,1-4H3. The highest BCUT2D eigenvalue weighted by molar-refractivity contribution is 5.82. The van der Waals surface area contributed by atoms with Gasteiger partial charge in [-0.15, -0.1) is 0 Å². The summed E-state index contributed by atoms with van der Waals surface area (Å²) in [5.74, 6) is 1.77. The van der Waals surface area contributed by atoms with Crippen LogP contribution in [0.25, 0.3) is 11.0 Å². The Balaban J connectivity index is 2.17. The minimum Gasteiger partial charge on any atom is -0.459 e. The van der Waals surface area contributed by atoms with Gasteiger partial charge in [-0.25, -0.2) is 0 Å². The summed E-state index contributed by atoms with van der Waals surface area (Å²) in [6.07, 6.45) is 1.21. The number of aryl methyl sites for hydroxylation is 1. The predicted octanol–water partition coefficient (Wildman–Crippen LogP) is 4.44. The van der Waals surface area contributed by atoms with Crippen molar-refractivity contribution in [3.8, 4) is 0 Å². The van der Waals surface area contributed by atoms with E-state index >= 15 is 0 Å². The lowest BCUT2D eigenvalue weighted by Crippen LogP contribution is -2.24. The first-order valence-electron chi connectivity index (χ1n) is 6.84. The maximum Gasteiger partial charge on any atom is 0.134 e. The molecule has 98 valence electrons. The SMILES string of the molecule is CCC(C)CNC(C)c1oc2ccccc2c1C. The van der Waals surface area contributed by atoms with E-state index in [-0.39, 0.29) is 6.04 Å². The van der Waals surface area contributed by atoms with Crippen molar-refractivity contribution in [2.45, 2.75) is 40.2 Å². The summed E-state index contributed by atoms with van der Waals surface area (Å²) in [6, 6.07) is 8.51. The van der Waals surface area contributed by atoms with Gasteiger partial charge in [0.1, 0.15) is 11.3 Å². The van der Waals surface area contributed by atoms with E-state index in [9.17, 15) is 0 Å². The third kappa shape index (κ3) is 2.59. The van der Waals surface area contributed by atoms with E-state index in [1.165, 1.54) is 17.4 Å². The van der Waals surface area contributed by atoms with Gasteiger partial charge in [-0.1, -0.05) is 38.5 Å². The monoisotopic (exact) mass is 245 g/mol. The third-order valence-corrected chi connectivity index (χ3v) is 3.74. The third-order valence-electron chi connectivity index (χ3n) is 3.74. The molecule has 0 aliphatic rings. The molecule has 2 unspecified atom stereocenters. The molecule has 0 amide bonds. The first kappa shape index (κ1) is 13.2. The maximum atomic E-state index is 5.96. The first-order chi connectivity index (χ1) is 8.63. The molecule has 0 saturated carbocycles. The summed E-state index contributed by atoms with van der Waals surface area (Å²) < 4.78 is 5.96. The molecule has 0 fully saturated rings. The molecule has 0 bridgehead atoms. The number of rotatable bonds is 5. The average Bonchev–Trinajstić information content (AvgIpc) is 2.73. The summed E-state index contributed by atoms with van der Waals surface area (Å²) in [6.45, 7) is 9.85. The van der Waals surface area contributed by atoms with Crippen LogP contribution in [0.15, 0.2) is 28.7 Å². The Morgan fingerprint density at radius 2 is 1.94 bits per heavy atom. The van der Waals surface area contributed by atoms with Gasteiger partial charge in [0.25, 0.3) is 0 Å². The van der Waals surface area contributed by atoms with E-state index in [4.69, 9.17) is 4.42 Å². The van der Waals surface area contributed by atoms with Gasteiger partial charge in [0.05, 0.1) is 6.04 Å². The van der Waals surface area contributed by atoms with E-state index in [1.807, 2.05) is 12.1 Å². The Bertz CT molecular complexity index is 515. The molecule has 1 aromatic carbocycles. The van der Waals surface area contributed by atoms with Gasteiger partial charge < -0.3 is 9.73 Å². The van der Waals surface area contributed by atoms with E-state index in [2.05, 4.69) is 45.1 Å². The average molecular weight is 245 g/mol. The molecule has 0 radical (unpaired) electrons. The molecule has 1 aromatic heterocycles. The van der Waals surface area contributed by atoms with Gasteiger partial charge >= 0.3 is 0 Å². The van der Waals surface area contributed by atoms with Crippen LogP contribution in [0.1, 0.15) is 44.6 Å². The van der Waals surface area contributed by atoms with Crippen LogP contribution < -0.4 is 5.32 Å². The predicted molar refractivity (Wildman–Crippen MR) is 76.8 cm³/mol. The van der Waals surface area contributed by atoms with Crippen molar-refractivity contribution in [1.29, 1.82) is 0 Å². The van der Waals surface area contributed by atoms with Crippen molar-refractivity contribution >= 4 is 11.0 Å². The Labute approximate surface area is 109 Å². The van der Waals surface area contributed by atoms with Gasteiger partial charge in [0.15, 0.2) is 0 Å². The van der Waals surface area contributed by atoms with E-state index in [0.717, 1.165) is 17.9 Å². The van der Waals surface area contributed by atoms with Crippen molar-refractivity contribution in [2.24, 2.45) is 5.92 Å². The topological polar surface area (TPSA) is 25.2 Å². The highest BCUT2D eigenvalue weighted by Gasteiger charge is 2.16. The molecule has 2 nitrogen and oxygen atoms in total. The minimum atomic E-state index is 0.270. The highest BCUT2D eigenvalue weighted by atomic mass is 16.3. The Morgan fingerprint density at radius 1 is 1.22 bits per heavy atom. The summed E-state index contributed by atoms with van der Waals surface area (Å²) in [5.41, 5.74) is 2.25. The summed E-state index contributed by atoms with van der Waals surface area (Å²) in [5, 5.41) is 4.78. The molecule has 0 aliphatic carbocycles. The van der Waals surface area contributed by atoms with Crippen LogP contribution in [0.2, 0.25) is 0 Å². The molecule has 0 aliphatic heterocycles. The van der Waals surface area contributed by atoms with Crippen molar-refractivity contribution < 1.29 is 4.42 Å². The number of hydrogen-bond donors (Lipinski definition) is 1. The molecular formula is C16H23NO. The van der Waals surface area contributed by atoms with Crippen LogP contribution in [0.4, 0.5) is 0 Å². The molecular weight excluding hydrogens is 222 g/mol. The van der Waals surface area contributed by atoms with Crippen LogP contribution in [-0.2, 0) is 0 Å². The van der Waals surface area contributed by atoms with Crippen LogP contribution in [-0.4, -0.2) is 6.54 Å². The Hall–Kier alpha value is -1.28. The zero-order valence-electron chi connectivity index (χ0n) is 11.8. The number of furan rings is 1. The smallest absolute Gasteiger partial charge is 0.134 e. The zero-order valence-corrected chi connectivity index (χ0v) is 11.8. The van der Waals surface area contributed by atoms with E-state index < -0.39 is 0 Å². The fourth-order valence-corrected chi connectivity index (χ4v) is 2.22. The molecule has 0 spiro atoms. The maximum absolute atomic E-state index is 5.96. The van der Waals surface area contributed by atoms with Gasteiger partial charge in [0.2, 0.25) is 0 Å². The Kier molecular flexibility index (Phi) is 4.07. The lowest BCUT2D eigenvalue weighted by molar-refractivity contribution is 0.409. The molecule has 1 N–H and O–H groups in total. The first-order valence-corrected chi connectivity index (χ1v) is 6.84. The van der Waals surface area contributed by atoms with Gasteiger partial charge in [-0.05, 0) is 37.9 Å². The molecule has 0 saturated heterocycles. The van der Waals surface area contributed by atoms with E-state index in [0.29, 0.717) is 5.92 Å². The summed E-state index contributed by atoms with van der Waals surface area (Å²) in [7, 11) is 0. The number of fused-ring (bicyclic) bond motifs is 1. The number of hydrogen-bond acceptors (Lipinski definition) is 2. The van der Waals surface area contributed by atoms with Gasteiger partial charge in [-0.3, -0.25) is 0 Å². The van der Waals surface area contributed by atoms with Crippen molar-refractivity contribution in [3.05, 3.63) is 35.6 Å². The lowest BCUT2D eigenvalue weighted by Gasteiger charge is -2.15. The second-order valence-corrected chi connectivity index (χ2v) is 5.23. The molecule has 2 aromatic rings. The second-order valence-electron chi connectivity index (χ2n) is 5.23. The molecule has 2 heteroatoms. The quantitative estimate of drug-likeness (QED) is 0.842. The molecule has 18 heavy (non-hydrogen) atoms. The molecule has 1 heterocycles. The van der Waals surface area contributed by atoms with Crippen LogP contribution in [0.5, 0.6) is 0 Å². The second kappa shape index (κ2) is 5.57. The summed E-state index contributed by atoms with van der Waals surface area (Å²) in [4.78, 5) is 0. The van der Waals surface area contributed by atoms with Gasteiger partial charge in [0, 0.05) is 5.39 Å². The number of para-hydroxylation sites is 1. The lowest BCUT2D eigenvalue weighted by atomic mass is 10.1.